The third kappa shape index (κ3) is 2.32. The summed E-state index contributed by atoms with van der Waals surface area (Å²) in [4.78, 5) is 12.3. The van der Waals surface area contributed by atoms with Crippen molar-refractivity contribution in [2.24, 2.45) is 7.05 Å². The van der Waals surface area contributed by atoms with Crippen molar-refractivity contribution in [1.82, 2.24) is 24.7 Å². The van der Waals surface area contributed by atoms with Gasteiger partial charge in [-0.2, -0.15) is 10.2 Å². The first kappa shape index (κ1) is 12.8. The van der Waals surface area contributed by atoms with Crippen molar-refractivity contribution >= 4 is 0 Å². The van der Waals surface area contributed by atoms with E-state index in [4.69, 9.17) is 14.5 Å². The maximum absolute atomic E-state index is 8.90. The molecule has 0 amide bonds. The van der Waals surface area contributed by atoms with E-state index in [1.807, 2.05) is 0 Å². The Morgan fingerprint density at radius 2 is 2.19 bits per heavy atom. The maximum Gasteiger partial charge on any atom is 0.274 e. The van der Waals surface area contributed by atoms with Crippen molar-refractivity contribution in [2.45, 2.75) is 0 Å². The summed E-state index contributed by atoms with van der Waals surface area (Å²) in [5.41, 5.74) is 1.67. The molecule has 0 aliphatic heterocycles. The summed E-state index contributed by atoms with van der Waals surface area (Å²) < 4.78 is 12.0. The van der Waals surface area contributed by atoms with Crippen LogP contribution >= 0.6 is 0 Å². The normalized spacial score (nSPS) is 10.3. The van der Waals surface area contributed by atoms with Gasteiger partial charge in [-0.3, -0.25) is 0 Å². The molecule has 0 fully saturated rings. The van der Waals surface area contributed by atoms with E-state index in [-0.39, 0.29) is 0 Å². The van der Waals surface area contributed by atoms with Gasteiger partial charge in [0.25, 0.3) is 5.89 Å². The zero-order valence-electron chi connectivity index (χ0n) is 11.3. The van der Waals surface area contributed by atoms with Gasteiger partial charge in [0.1, 0.15) is 23.8 Å². The first-order valence-corrected chi connectivity index (χ1v) is 5.98. The minimum Gasteiger partial charge on any atom is -0.481 e. The van der Waals surface area contributed by atoms with E-state index in [9.17, 15) is 0 Å². The molecule has 3 heterocycles. The number of nitriles is 1. The van der Waals surface area contributed by atoms with E-state index in [2.05, 4.69) is 26.2 Å². The van der Waals surface area contributed by atoms with Gasteiger partial charge in [-0.15, -0.1) is 0 Å². The number of rotatable bonds is 3. The molecule has 3 aromatic rings. The van der Waals surface area contributed by atoms with E-state index in [1.165, 1.54) is 13.4 Å². The molecule has 21 heavy (non-hydrogen) atoms. The highest BCUT2D eigenvalue weighted by atomic mass is 16.5. The highest BCUT2D eigenvalue weighted by Gasteiger charge is 2.15. The fourth-order valence-corrected chi connectivity index (χ4v) is 1.84. The summed E-state index contributed by atoms with van der Waals surface area (Å²) in [6.07, 6.45) is 3.05. The second-order valence-electron chi connectivity index (χ2n) is 4.21. The van der Waals surface area contributed by atoms with Gasteiger partial charge < -0.3 is 13.8 Å². The Bertz CT molecular complexity index is 829. The zero-order valence-corrected chi connectivity index (χ0v) is 11.3. The lowest BCUT2D eigenvalue weighted by Crippen LogP contribution is -1.92. The smallest absolute Gasteiger partial charge is 0.274 e. The number of ether oxygens (including phenoxy) is 1. The lowest BCUT2D eigenvalue weighted by molar-refractivity contribution is 0.397. The fraction of sp³-hybridized carbons (Fsp3) is 0.154. The Kier molecular flexibility index (Phi) is 3.08. The minimum absolute atomic E-state index is 0.312. The van der Waals surface area contributed by atoms with Crippen LogP contribution in [0.15, 0.2) is 29.2 Å². The van der Waals surface area contributed by atoms with Crippen molar-refractivity contribution in [3.63, 3.8) is 0 Å². The summed E-state index contributed by atoms with van der Waals surface area (Å²) in [6, 6.07) is 5.35. The highest BCUT2D eigenvalue weighted by Crippen LogP contribution is 2.23. The lowest BCUT2D eigenvalue weighted by Gasteiger charge is -1.98. The molecule has 8 nitrogen and oxygen atoms in total. The predicted molar refractivity (Wildman–Crippen MR) is 71.0 cm³/mol. The molecule has 0 unspecified atom stereocenters. The van der Waals surface area contributed by atoms with Gasteiger partial charge in [0, 0.05) is 19.3 Å². The van der Waals surface area contributed by atoms with Crippen molar-refractivity contribution < 1.29 is 9.26 Å². The number of nitrogens with zero attached hydrogens (tertiary/aromatic N) is 6. The van der Waals surface area contributed by atoms with Crippen LogP contribution in [-0.2, 0) is 7.05 Å². The standard InChI is InChI=1S/C13H10N6O2/c1-19-6-8(5-14)3-10(19)13-17-12(18-21-13)9-4-11(20-2)16-7-15-9/h3-4,6-7H,1-2H3. The Morgan fingerprint density at radius 3 is 2.90 bits per heavy atom. The van der Waals surface area contributed by atoms with Crippen molar-refractivity contribution in [1.29, 1.82) is 5.26 Å². The molecule has 0 spiro atoms. The molecular formula is C13H10N6O2. The van der Waals surface area contributed by atoms with Gasteiger partial charge in [-0.25, -0.2) is 9.97 Å². The summed E-state index contributed by atoms with van der Waals surface area (Å²) in [5, 5.41) is 12.8. The molecule has 0 N–H and O–H groups in total. The molecule has 0 radical (unpaired) electrons. The van der Waals surface area contributed by atoms with Crippen LogP contribution in [0.25, 0.3) is 23.1 Å². The monoisotopic (exact) mass is 282 g/mol. The summed E-state index contributed by atoms with van der Waals surface area (Å²) in [6.45, 7) is 0. The average Bonchev–Trinajstić information content (AvgIpc) is 3.13. The number of hydrogen-bond acceptors (Lipinski definition) is 7. The van der Waals surface area contributed by atoms with E-state index in [0.717, 1.165) is 0 Å². The molecule has 0 atom stereocenters. The van der Waals surface area contributed by atoms with Crippen LogP contribution in [0.5, 0.6) is 5.88 Å². The average molecular weight is 282 g/mol. The summed E-state index contributed by atoms with van der Waals surface area (Å²) in [7, 11) is 3.31. The quantitative estimate of drug-likeness (QED) is 0.715. The predicted octanol–water partition coefficient (Wildman–Crippen LogP) is 1.41. The first-order chi connectivity index (χ1) is 10.2. The summed E-state index contributed by atoms with van der Waals surface area (Å²) >= 11 is 0. The van der Waals surface area contributed by atoms with Crippen LogP contribution in [0.2, 0.25) is 0 Å². The number of methoxy groups -OCH3 is 1. The van der Waals surface area contributed by atoms with Gasteiger partial charge in [-0.1, -0.05) is 5.16 Å². The molecule has 0 aromatic carbocycles. The van der Waals surface area contributed by atoms with Crippen molar-refractivity contribution in [3.05, 3.63) is 30.2 Å². The van der Waals surface area contributed by atoms with Gasteiger partial charge in [0.15, 0.2) is 0 Å². The van der Waals surface area contributed by atoms with Gasteiger partial charge in [0.2, 0.25) is 11.7 Å². The molecule has 0 saturated carbocycles. The van der Waals surface area contributed by atoms with Crippen LogP contribution in [0, 0.1) is 11.3 Å². The minimum atomic E-state index is 0.312. The SMILES string of the molecule is COc1cc(-c2noc(-c3cc(C#N)cn3C)n2)ncn1. The molecule has 0 aliphatic carbocycles. The number of aryl methyl sites for hydroxylation is 1. The molecule has 104 valence electrons. The van der Waals surface area contributed by atoms with Crippen LogP contribution in [-0.4, -0.2) is 31.8 Å². The Hall–Kier alpha value is -3.21. The van der Waals surface area contributed by atoms with Crippen LogP contribution in [0.3, 0.4) is 0 Å². The first-order valence-electron chi connectivity index (χ1n) is 5.98. The largest absolute Gasteiger partial charge is 0.481 e. The molecule has 0 aliphatic rings. The zero-order chi connectivity index (χ0) is 14.8. The van der Waals surface area contributed by atoms with Gasteiger partial charge in [-0.05, 0) is 6.07 Å². The second kappa shape index (κ2) is 5.05. The number of hydrogen-bond donors (Lipinski definition) is 0. The van der Waals surface area contributed by atoms with E-state index in [0.29, 0.717) is 34.5 Å². The molecule has 8 heteroatoms. The topological polar surface area (TPSA) is 103 Å². The summed E-state index contributed by atoms with van der Waals surface area (Å²) in [5.74, 6) is 1.05. The molecule has 0 bridgehead atoms. The van der Waals surface area contributed by atoms with Crippen molar-refractivity contribution in [2.75, 3.05) is 7.11 Å². The van der Waals surface area contributed by atoms with E-state index >= 15 is 0 Å². The molecule has 0 saturated heterocycles. The third-order valence-electron chi connectivity index (χ3n) is 2.86. The molecular weight excluding hydrogens is 272 g/mol. The Morgan fingerprint density at radius 1 is 1.33 bits per heavy atom. The van der Waals surface area contributed by atoms with Gasteiger partial charge in [0.05, 0.1) is 12.7 Å². The van der Waals surface area contributed by atoms with Crippen LogP contribution < -0.4 is 4.74 Å². The molecule has 3 aromatic heterocycles. The maximum atomic E-state index is 8.90. The van der Waals surface area contributed by atoms with Crippen LogP contribution in [0.4, 0.5) is 0 Å². The fourth-order valence-electron chi connectivity index (χ4n) is 1.84. The Labute approximate surface area is 119 Å². The van der Waals surface area contributed by atoms with Gasteiger partial charge >= 0.3 is 0 Å². The lowest BCUT2D eigenvalue weighted by atomic mass is 10.3. The third-order valence-corrected chi connectivity index (χ3v) is 2.86. The van der Waals surface area contributed by atoms with Crippen LogP contribution in [0.1, 0.15) is 5.56 Å². The highest BCUT2D eigenvalue weighted by molar-refractivity contribution is 5.57. The number of aromatic nitrogens is 5. The van der Waals surface area contributed by atoms with E-state index in [1.54, 1.807) is 29.9 Å². The Balaban J connectivity index is 1.99. The second-order valence-corrected chi connectivity index (χ2v) is 4.21. The molecule has 3 rings (SSSR count). The van der Waals surface area contributed by atoms with Crippen molar-refractivity contribution in [3.8, 4) is 35.1 Å². The van der Waals surface area contributed by atoms with E-state index < -0.39 is 0 Å².